The number of amides is 1. The van der Waals surface area contributed by atoms with Crippen molar-refractivity contribution in [2.45, 2.75) is 32.7 Å². The van der Waals surface area contributed by atoms with Gasteiger partial charge in [0.25, 0.3) is 5.91 Å². The summed E-state index contributed by atoms with van der Waals surface area (Å²) in [6.45, 7) is 4.85. The molecule has 1 unspecified atom stereocenters. The summed E-state index contributed by atoms with van der Waals surface area (Å²) < 4.78 is 0. The van der Waals surface area contributed by atoms with Crippen LogP contribution < -0.4 is 5.73 Å². The zero-order chi connectivity index (χ0) is 15.9. The van der Waals surface area contributed by atoms with E-state index in [1.807, 2.05) is 42.2 Å². The molecule has 0 saturated carbocycles. The van der Waals surface area contributed by atoms with Crippen LogP contribution in [0.1, 0.15) is 36.2 Å². The van der Waals surface area contributed by atoms with Crippen molar-refractivity contribution in [1.29, 1.82) is 0 Å². The minimum absolute atomic E-state index is 0.0533. The van der Waals surface area contributed by atoms with Crippen molar-refractivity contribution in [3.8, 4) is 0 Å². The first kappa shape index (κ1) is 16.1. The van der Waals surface area contributed by atoms with Crippen molar-refractivity contribution in [2.75, 3.05) is 12.3 Å². The van der Waals surface area contributed by atoms with Crippen LogP contribution in [0.2, 0.25) is 0 Å². The van der Waals surface area contributed by atoms with E-state index in [0.717, 1.165) is 12.8 Å². The van der Waals surface area contributed by atoms with Crippen LogP contribution in [0.15, 0.2) is 54.6 Å². The zero-order valence-electron chi connectivity index (χ0n) is 13.3. The Morgan fingerprint density at radius 3 is 2.41 bits per heavy atom. The van der Waals surface area contributed by atoms with Gasteiger partial charge >= 0.3 is 0 Å². The summed E-state index contributed by atoms with van der Waals surface area (Å²) in [6, 6.07) is 17.7. The molecule has 0 aromatic heterocycles. The van der Waals surface area contributed by atoms with Gasteiger partial charge in [0.1, 0.15) is 0 Å². The molecule has 2 N–H and O–H groups in total. The molecule has 0 bridgehead atoms. The Morgan fingerprint density at radius 1 is 1.09 bits per heavy atom. The number of benzene rings is 2. The molecule has 0 radical (unpaired) electrons. The Kier molecular flexibility index (Phi) is 5.59. The summed E-state index contributed by atoms with van der Waals surface area (Å²) in [4.78, 5) is 14.7. The smallest absolute Gasteiger partial charge is 0.254 e. The second kappa shape index (κ2) is 7.64. The van der Waals surface area contributed by atoms with E-state index in [4.69, 9.17) is 5.73 Å². The van der Waals surface area contributed by atoms with Crippen LogP contribution in [-0.2, 0) is 6.42 Å². The van der Waals surface area contributed by atoms with Crippen LogP contribution in [0.5, 0.6) is 0 Å². The highest BCUT2D eigenvalue weighted by Gasteiger charge is 2.22. The number of carbonyl (C=O) groups is 1. The van der Waals surface area contributed by atoms with Gasteiger partial charge in [-0.25, -0.2) is 0 Å². The van der Waals surface area contributed by atoms with Crippen molar-refractivity contribution < 1.29 is 4.79 Å². The van der Waals surface area contributed by atoms with E-state index in [9.17, 15) is 4.79 Å². The van der Waals surface area contributed by atoms with Crippen molar-refractivity contribution >= 4 is 11.6 Å². The minimum Gasteiger partial charge on any atom is -0.399 e. The Morgan fingerprint density at radius 2 is 1.82 bits per heavy atom. The van der Waals surface area contributed by atoms with E-state index >= 15 is 0 Å². The van der Waals surface area contributed by atoms with Gasteiger partial charge in [-0.15, -0.1) is 0 Å². The first-order valence-electron chi connectivity index (χ1n) is 7.86. The third-order valence-electron chi connectivity index (χ3n) is 3.96. The number of hydrogen-bond acceptors (Lipinski definition) is 2. The largest absolute Gasteiger partial charge is 0.399 e. The fraction of sp³-hybridized carbons (Fsp3) is 0.316. The lowest BCUT2D eigenvalue weighted by molar-refractivity contribution is 0.0684. The molecule has 0 heterocycles. The van der Waals surface area contributed by atoms with Gasteiger partial charge in [-0.3, -0.25) is 4.79 Å². The number of anilines is 1. The normalized spacial score (nSPS) is 11.9. The molecule has 2 aromatic rings. The Balaban J connectivity index is 2.19. The van der Waals surface area contributed by atoms with Crippen molar-refractivity contribution in [1.82, 2.24) is 4.90 Å². The number of likely N-dealkylation sites (N-methyl/N-ethyl adjacent to an activating group) is 1. The quantitative estimate of drug-likeness (QED) is 0.825. The van der Waals surface area contributed by atoms with Gasteiger partial charge in [0.2, 0.25) is 0 Å². The summed E-state index contributed by atoms with van der Waals surface area (Å²) in [6.07, 6.45) is 1.80. The maximum absolute atomic E-state index is 12.8. The lowest BCUT2D eigenvalue weighted by Crippen LogP contribution is -2.41. The van der Waals surface area contributed by atoms with Gasteiger partial charge in [0.15, 0.2) is 0 Å². The van der Waals surface area contributed by atoms with Crippen LogP contribution in [-0.4, -0.2) is 23.4 Å². The molecule has 0 spiro atoms. The average molecular weight is 296 g/mol. The van der Waals surface area contributed by atoms with E-state index < -0.39 is 0 Å². The predicted molar refractivity (Wildman–Crippen MR) is 91.8 cm³/mol. The standard InChI is InChI=1S/C19H24N2O/c1-3-18(13-15-9-6-5-7-10-15)21(4-2)19(22)16-11-8-12-17(20)14-16/h5-12,14,18H,3-4,13,20H2,1-2H3. The summed E-state index contributed by atoms with van der Waals surface area (Å²) in [5, 5.41) is 0. The number of hydrogen-bond donors (Lipinski definition) is 1. The van der Waals surface area contributed by atoms with Gasteiger partial charge < -0.3 is 10.6 Å². The van der Waals surface area contributed by atoms with Crippen LogP contribution >= 0.6 is 0 Å². The van der Waals surface area contributed by atoms with Crippen molar-refractivity contribution in [3.63, 3.8) is 0 Å². The third kappa shape index (κ3) is 3.88. The number of nitrogens with zero attached hydrogens (tertiary/aromatic N) is 1. The van der Waals surface area contributed by atoms with Crippen LogP contribution in [0.4, 0.5) is 5.69 Å². The van der Waals surface area contributed by atoms with E-state index in [-0.39, 0.29) is 11.9 Å². The van der Waals surface area contributed by atoms with Crippen LogP contribution in [0.3, 0.4) is 0 Å². The minimum atomic E-state index is 0.0533. The van der Waals surface area contributed by atoms with Crippen molar-refractivity contribution in [2.24, 2.45) is 0 Å². The molecule has 1 atom stereocenters. The number of carbonyl (C=O) groups excluding carboxylic acids is 1. The Hall–Kier alpha value is -2.29. The highest BCUT2D eigenvalue weighted by atomic mass is 16.2. The van der Waals surface area contributed by atoms with Crippen LogP contribution in [0.25, 0.3) is 0 Å². The van der Waals surface area contributed by atoms with Crippen LogP contribution in [0, 0.1) is 0 Å². The van der Waals surface area contributed by atoms with Gasteiger partial charge in [0.05, 0.1) is 0 Å². The molecule has 2 rings (SSSR count). The molecule has 1 amide bonds. The third-order valence-corrected chi connectivity index (χ3v) is 3.96. The van der Waals surface area contributed by atoms with E-state index in [2.05, 4.69) is 19.1 Å². The fourth-order valence-electron chi connectivity index (χ4n) is 2.77. The number of nitrogen functional groups attached to an aromatic ring is 1. The molecule has 3 heteroatoms. The molecule has 22 heavy (non-hydrogen) atoms. The molecule has 0 fully saturated rings. The number of rotatable bonds is 6. The lowest BCUT2D eigenvalue weighted by atomic mass is 10.0. The molecule has 0 aliphatic heterocycles. The molecule has 0 aliphatic carbocycles. The van der Waals surface area contributed by atoms with E-state index in [1.54, 1.807) is 12.1 Å². The van der Waals surface area contributed by atoms with Gasteiger partial charge in [-0.1, -0.05) is 43.3 Å². The summed E-state index contributed by atoms with van der Waals surface area (Å²) >= 11 is 0. The monoisotopic (exact) mass is 296 g/mol. The first-order valence-corrected chi connectivity index (χ1v) is 7.86. The molecule has 0 aliphatic rings. The lowest BCUT2D eigenvalue weighted by Gasteiger charge is -2.30. The van der Waals surface area contributed by atoms with Crippen molar-refractivity contribution in [3.05, 3.63) is 65.7 Å². The van der Waals surface area contributed by atoms with Gasteiger partial charge in [-0.2, -0.15) is 0 Å². The summed E-state index contributed by atoms with van der Waals surface area (Å²) in [5.41, 5.74) is 8.34. The second-order valence-electron chi connectivity index (χ2n) is 5.47. The van der Waals surface area contributed by atoms with E-state index in [0.29, 0.717) is 17.8 Å². The highest BCUT2D eigenvalue weighted by Crippen LogP contribution is 2.17. The molecular weight excluding hydrogens is 272 g/mol. The molecule has 2 aromatic carbocycles. The Bertz CT molecular complexity index is 610. The topological polar surface area (TPSA) is 46.3 Å². The SMILES string of the molecule is CCC(Cc1ccccc1)N(CC)C(=O)c1cccc(N)c1. The molecular formula is C19H24N2O. The highest BCUT2D eigenvalue weighted by molar-refractivity contribution is 5.95. The maximum atomic E-state index is 12.8. The average Bonchev–Trinajstić information content (AvgIpc) is 2.55. The summed E-state index contributed by atoms with van der Waals surface area (Å²) in [7, 11) is 0. The maximum Gasteiger partial charge on any atom is 0.254 e. The molecule has 0 saturated heterocycles. The molecule has 116 valence electrons. The van der Waals surface area contributed by atoms with Gasteiger partial charge in [-0.05, 0) is 43.5 Å². The second-order valence-corrected chi connectivity index (χ2v) is 5.47. The fourth-order valence-corrected chi connectivity index (χ4v) is 2.77. The predicted octanol–water partition coefficient (Wildman–Crippen LogP) is 3.75. The first-order chi connectivity index (χ1) is 10.7. The zero-order valence-corrected chi connectivity index (χ0v) is 13.3. The number of nitrogens with two attached hydrogens (primary N) is 1. The summed E-state index contributed by atoms with van der Waals surface area (Å²) in [5.74, 6) is 0.0533. The van der Waals surface area contributed by atoms with E-state index in [1.165, 1.54) is 5.56 Å². The Labute approximate surface area is 132 Å². The van der Waals surface area contributed by atoms with Gasteiger partial charge in [0, 0.05) is 23.8 Å². The molecule has 3 nitrogen and oxygen atoms in total.